The minimum absolute atomic E-state index is 0.365. The minimum Gasteiger partial charge on any atom is -0.507 e. The molecule has 0 unspecified atom stereocenters. The van der Waals surface area contributed by atoms with Crippen molar-refractivity contribution in [3.8, 4) is 5.75 Å². The first-order valence-electron chi connectivity index (χ1n) is 6.50. The summed E-state index contributed by atoms with van der Waals surface area (Å²) in [4.78, 5) is 4.50. The lowest BCUT2D eigenvalue weighted by molar-refractivity contribution is 0.466. The molecule has 0 aliphatic heterocycles. The van der Waals surface area contributed by atoms with Gasteiger partial charge in [-0.15, -0.1) is 6.58 Å². The number of phenolic OH excluding ortho intramolecular Hbond substituents is 1. The molecule has 1 aromatic carbocycles. The van der Waals surface area contributed by atoms with Gasteiger partial charge in [-0.1, -0.05) is 18.2 Å². The van der Waals surface area contributed by atoms with Crippen molar-refractivity contribution in [2.24, 2.45) is 4.99 Å². The zero-order valence-corrected chi connectivity index (χ0v) is 12.0. The van der Waals surface area contributed by atoms with Gasteiger partial charge in [0.25, 0.3) is 0 Å². The van der Waals surface area contributed by atoms with Crippen LogP contribution in [0.3, 0.4) is 0 Å². The minimum atomic E-state index is 0.365. The fourth-order valence-corrected chi connectivity index (χ4v) is 1.82. The van der Waals surface area contributed by atoms with Crippen LogP contribution in [0.15, 0.2) is 29.8 Å². The zero-order valence-electron chi connectivity index (χ0n) is 12.0. The fourth-order valence-electron chi connectivity index (χ4n) is 1.82. The second-order valence-corrected chi connectivity index (χ2v) is 4.44. The number of hydrogen-bond donors (Lipinski definition) is 3. The van der Waals surface area contributed by atoms with Crippen molar-refractivity contribution in [3.05, 3.63) is 41.5 Å². The Morgan fingerprint density at radius 3 is 2.47 bits per heavy atom. The van der Waals surface area contributed by atoms with Gasteiger partial charge in [-0.2, -0.15) is 0 Å². The maximum atomic E-state index is 9.74. The van der Waals surface area contributed by atoms with E-state index in [4.69, 9.17) is 0 Å². The molecule has 104 valence electrons. The van der Waals surface area contributed by atoms with E-state index in [9.17, 15) is 5.11 Å². The lowest BCUT2D eigenvalue weighted by Crippen LogP contribution is -2.37. The van der Waals surface area contributed by atoms with Crippen LogP contribution in [0.1, 0.15) is 23.6 Å². The SMILES string of the molecule is C=CCNC(=NCc1cc(C)c(O)c(C)c1)NCC. The van der Waals surface area contributed by atoms with E-state index in [2.05, 4.69) is 22.2 Å². The predicted molar refractivity (Wildman–Crippen MR) is 80.6 cm³/mol. The molecule has 0 spiro atoms. The van der Waals surface area contributed by atoms with Gasteiger partial charge in [0, 0.05) is 13.1 Å². The molecule has 0 saturated heterocycles. The molecule has 0 aliphatic rings. The van der Waals surface area contributed by atoms with Crippen LogP contribution in [-0.4, -0.2) is 24.2 Å². The molecule has 0 saturated carbocycles. The van der Waals surface area contributed by atoms with Crippen molar-refractivity contribution in [2.45, 2.75) is 27.3 Å². The van der Waals surface area contributed by atoms with Crippen LogP contribution in [0.25, 0.3) is 0 Å². The lowest BCUT2D eigenvalue weighted by atomic mass is 10.1. The van der Waals surface area contributed by atoms with Crippen LogP contribution >= 0.6 is 0 Å². The zero-order chi connectivity index (χ0) is 14.3. The van der Waals surface area contributed by atoms with Crippen LogP contribution in [0.5, 0.6) is 5.75 Å². The summed E-state index contributed by atoms with van der Waals surface area (Å²) in [5, 5.41) is 16.1. The van der Waals surface area contributed by atoms with Gasteiger partial charge in [-0.05, 0) is 37.5 Å². The fraction of sp³-hybridized carbons (Fsp3) is 0.400. The van der Waals surface area contributed by atoms with Crippen molar-refractivity contribution < 1.29 is 5.11 Å². The summed E-state index contributed by atoms with van der Waals surface area (Å²) in [6, 6.07) is 3.92. The summed E-state index contributed by atoms with van der Waals surface area (Å²) in [5.74, 6) is 1.13. The highest BCUT2D eigenvalue weighted by atomic mass is 16.3. The Labute approximate surface area is 115 Å². The second kappa shape index (κ2) is 7.46. The Hall–Kier alpha value is -1.97. The van der Waals surface area contributed by atoms with Crippen LogP contribution in [0.2, 0.25) is 0 Å². The van der Waals surface area contributed by atoms with Crippen molar-refractivity contribution in [2.75, 3.05) is 13.1 Å². The topological polar surface area (TPSA) is 56.7 Å². The van der Waals surface area contributed by atoms with E-state index in [0.29, 0.717) is 18.8 Å². The van der Waals surface area contributed by atoms with E-state index in [0.717, 1.165) is 29.2 Å². The summed E-state index contributed by atoms with van der Waals surface area (Å²) >= 11 is 0. The number of rotatable bonds is 5. The first kappa shape index (κ1) is 15.1. The average Bonchev–Trinajstić information content (AvgIpc) is 2.39. The molecule has 19 heavy (non-hydrogen) atoms. The smallest absolute Gasteiger partial charge is 0.191 e. The molecule has 1 aromatic rings. The number of aryl methyl sites for hydroxylation is 2. The molecule has 0 amide bonds. The van der Waals surface area contributed by atoms with Crippen molar-refractivity contribution >= 4 is 5.96 Å². The molecule has 0 bridgehead atoms. The first-order chi connectivity index (χ1) is 9.08. The molecule has 0 radical (unpaired) electrons. The number of nitrogens with zero attached hydrogens (tertiary/aromatic N) is 1. The van der Waals surface area contributed by atoms with Gasteiger partial charge in [0.15, 0.2) is 5.96 Å². The van der Waals surface area contributed by atoms with Gasteiger partial charge < -0.3 is 15.7 Å². The number of benzene rings is 1. The highest BCUT2D eigenvalue weighted by Gasteiger charge is 2.03. The monoisotopic (exact) mass is 261 g/mol. The Kier molecular flexibility index (Phi) is 5.93. The van der Waals surface area contributed by atoms with Crippen LogP contribution < -0.4 is 10.6 Å². The normalized spacial score (nSPS) is 11.2. The van der Waals surface area contributed by atoms with Gasteiger partial charge in [-0.3, -0.25) is 0 Å². The van der Waals surface area contributed by atoms with Crippen molar-refractivity contribution in [3.63, 3.8) is 0 Å². The van der Waals surface area contributed by atoms with Crippen LogP contribution in [-0.2, 0) is 6.54 Å². The summed E-state index contributed by atoms with van der Waals surface area (Å²) in [5.41, 5.74) is 2.85. The van der Waals surface area contributed by atoms with E-state index >= 15 is 0 Å². The molecule has 3 N–H and O–H groups in total. The molecule has 0 heterocycles. The van der Waals surface area contributed by atoms with Gasteiger partial charge >= 0.3 is 0 Å². The molecule has 4 nitrogen and oxygen atoms in total. The van der Waals surface area contributed by atoms with E-state index < -0.39 is 0 Å². The lowest BCUT2D eigenvalue weighted by Gasteiger charge is -2.10. The van der Waals surface area contributed by atoms with Gasteiger partial charge in [0.1, 0.15) is 5.75 Å². The first-order valence-corrected chi connectivity index (χ1v) is 6.50. The van der Waals surface area contributed by atoms with E-state index in [1.54, 1.807) is 6.08 Å². The maximum absolute atomic E-state index is 9.74. The highest BCUT2D eigenvalue weighted by molar-refractivity contribution is 5.79. The summed E-state index contributed by atoms with van der Waals surface area (Å²) in [7, 11) is 0. The molecule has 1 rings (SSSR count). The maximum Gasteiger partial charge on any atom is 0.191 e. The van der Waals surface area contributed by atoms with Crippen molar-refractivity contribution in [1.29, 1.82) is 0 Å². The predicted octanol–water partition coefficient (Wildman–Crippen LogP) is 2.25. The Bertz CT molecular complexity index is 443. The van der Waals surface area contributed by atoms with Crippen LogP contribution in [0, 0.1) is 13.8 Å². The Morgan fingerprint density at radius 2 is 1.95 bits per heavy atom. The largest absolute Gasteiger partial charge is 0.507 e. The molecular weight excluding hydrogens is 238 g/mol. The number of aromatic hydroxyl groups is 1. The quantitative estimate of drug-likeness (QED) is 0.433. The Morgan fingerprint density at radius 1 is 1.32 bits per heavy atom. The number of aliphatic imine (C=N–C) groups is 1. The molecule has 0 aliphatic carbocycles. The highest BCUT2D eigenvalue weighted by Crippen LogP contribution is 2.23. The average molecular weight is 261 g/mol. The summed E-state index contributed by atoms with van der Waals surface area (Å²) < 4.78 is 0. The number of hydrogen-bond acceptors (Lipinski definition) is 2. The number of phenols is 1. The van der Waals surface area contributed by atoms with E-state index in [-0.39, 0.29) is 0 Å². The number of guanidine groups is 1. The molecular formula is C15H23N3O. The van der Waals surface area contributed by atoms with E-state index in [1.165, 1.54) is 0 Å². The Balaban J connectivity index is 2.79. The standard InChI is InChI=1S/C15H23N3O/c1-5-7-17-15(16-6-2)18-10-13-8-11(3)14(19)12(4)9-13/h5,8-9,19H,1,6-7,10H2,2-4H3,(H2,16,17,18). The van der Waals surface area contributed by atoms with Gasteiger partial charge in [-0.25, -0.2) is 4.99 Å². The molecule has 4 heteroatoms. The molecule has 0 atom stereocenters. The second-order valence-electron chi connectivity index (χ2n) is 4.44. The molecule has 0 aromatic heterocycles. The molecule has 0 fully saturated rings. The van der Waals surface area contributed by atoms with E-state index in [1.807, 2.05) is 32.9 Å². The third-order valence-electron chi connectivity index (χ3n) is 2.73. The summed E-state index contributed by atoms with van der Waals surface area (Å²) in [6.07, 6.45) is 1.79. The third kappa shape index (κ3) is 4.66. The van der Waals surface area contributed by atoms with Crippen molar-refractivity contribution in [1.82, 2.24) is 10.6 Å². The van der Waals surface area contributed by atoms with Crippen LogP contribution in [0.4, 0.5) is 0 Å². The van der Waals surface area contributed by atoms with Gasteiger partial charge in [0.05, 0.1) is 6.54 Å². The van der Waals surface area contributed by atoms with Gasteiger partial charge in [0.2, 0.25) is 0 Å². The summed E-state index contributed by atoms with van der Waals surface area (Å²) in [6.45, 7) is 11.6. The third-order valence-corrected chi connectivity index (χ3v) is 2.73. The number of nitrogens with one attached hydrogen (secondary N) is 2.